The minimum Gasteiger partial charge on any atom is -0.464 e. The molecular formula is C26H24F2N2O3. The topological polar surface area (TPSA) is 71.3 Å². The fourth-order valence-electron chi connectivity index (χ4n) is 4.64. The fourth-order valence-corrected chi connectivity index (χ4v) is 4.64. The van der Waals surface area contributed by atoms with E-state index < -0.39 is 23.3 Å². The molecule has 5 rings (SSSR count). The lowest BCUT2D eigenvalue weighted by Gasteiger charge is -2.24. The molecule has 33 heavy (non-hydrogen) atoms. The highest BCUT2D eigenvalue weighted by Gasteiger charge is 2.54. The normalized spacial score (nSPS) is 18.4. The molecule has 0 spiro atoms. The fraction of sp³-hybridized carbons (Fsp3) is 0.308. The molecule has 0 radical (unpaired) electrons. The first-order valence-corrected chi connectivity index (χ1v) is 10.9. The van der Waals surface area contributed by atoms with E-state index in [-0.39, 0.29) is 17.2 Å². The van der Waals surface area contributed by atoms with Crippen molar-refractivity contribution in [2.45, 2.75) is 51.0 Å². The number of hydrogen-bond acceptors (Lipinski definition) is 3. The number of halogens is 2. The molecule has 2 aromatic carbocycles. The van der Waals surface area contributed by atoms with Crippen LogP contribution < -0.4 is 10.6 Å². The number of carbonyl (C=O) groups is 2. The van der Waals surface area contributed by atoms with E-state index >= 15 is 0 Å². The molecule has 1 saturated carbocycles. The number of hydrogen-bond donors (Lipinski definition) is 2. The van der Waals surface area contributed by atoms with E-state index in [1.165, 1.54) is 12.1 Å². The Hall–Kier alpha value is -3.48. The maximum Gasteiger partial charge on any atom is 0.352 e. The van der Waals surface area contributed by atoms with Crippen LogP contribution in [0.1, 0.15) is 58.2 Å². The number of furan rings is 1. The van der Waals surface area contributed by atoms with Gasteiger partial charge in [-0.05, 0) is 74.6 Å². The van der Waals surface area contributed by atoms with Crippen LogP contribution in [-0.2, 0) is 20.9 Å². The van der Waals surface area contributed by atoms with Gasteiger partial charge in [0.1, 0.15) is 17.6 Å². The van der Waals surface area contributed by atoms with E-state index in [2.05, 4.69) is 10.6 Å². The molecule has 3 aromatic rings. The Morgan fingerprint density at radius 2 is 1.82 bits per heavy atom. The zero-order valence-electron chi connectivity index (χ0n) is 18.6. The van der Waals surface area contributed by atoms with Crippen LogP contribution >= 0.6 is 0 Å². The van der Waals surface area contributed by atoms with Crippen molar-refractivity contribution in [3.05, 3.63) is 87.9 Å². The summed E-state index contributed by atoms with van der Waals surface area (Å²) in [6, 6.07) is 13.6. The molecule has 5 nitrogen and oxygen atoms in total. The molecule has 1 fully saturated rings. The van der Waals surface area contributed by atoms with Crippen LogP contribution in [0.2, 0.25) is 0 Å². The van der Waals surface area contributed by atoms with Crippen molar-refractivity contribution in [1.82, 2.24) is 5.32 Å². The van der Waals surface area contributed by atoms with Crippen LogP contribution in [0.15, 0.2) is 52.9 Å². The van der Waals surface area contributed by atoms with E-state index in [0.29, 0.717) is 24.2 Å². The predicted molar refractivity (Wildman–Crippen MR) is 119 cm³/mol. The van der Waals surface area contributed by atoms with Gasteiger partial charge in [-0.3, -0.25) is 9.59 Å². The number of aryl methyl sites for hydroxylation is 3. The van der Waals surface area contributed by atoms with E-state index in [4.69, 9.17) is 4.42 Å². The van der Waals surface area contributed by atoms with Gasteiger partial charge < -0.3 is 15.1 Å². The van der Waals surface area contributed by atoms with Crippen LogP contribution in [-0.4, -0.2) is 11.8 Å². The number of alkyl halides is 2. The number of benzene rings is 2. The largest absolute Gasteiger partial charge is 0.464 e. The van der Waals surface area contributed by atoms with Crippen LogP contribution in [0.5, 0.6) is 0 Å². The number of rotatable bonds is 5. The summed E-state index contributed by atoms with van der Waals surface area (Å²) in [6.45, 7) is 5.83. The summed E-state index contributed by atoms with van der Waals surface area (Å²) in [6.07, 6.45) is 1.09. The number of fused-ring (bicyclic) bond motifs is 1. The third-order valence-electron chi connectivity index (χ3n) is 6.69. The number of anilines is 1. The van der Waals surface area contributed by atoms with Gasteiger partial charge in [-0.15, -0.1) is 0 Å². The van der Waals surface area contributed by atoms with E-state index in [9.17, 15) is 18.4 Å². The molecule has 2 N–H and O–H groups in total. The van der Waals surface area contributed by atoms with Gasteiger partial charge in [0.25, 0.3) is 5.91 Å². The van der Waals surface area contributed by atoms with Gasteiger partial charge in [0.2, 0.25) is 5.91 Å². The van der Waals surface area contributed by atoms with Gasteiger partial charge >= 0.3 is 5.92 Å². The quantitative estimate of drug-likeness (QED) is 0.562. The van der Waals surface area contributed by atoms with E-state index in [0.717, 1.165) is 22.5 Å². The highest BCUT2D eigenvalue weighted by Crippen LogP contribution is 2.51. The molecule has 2 aliphatic rings. The van der Waals surface area contributed by atoms with Crippen molar-refractivity contribution in [2.24, 2.45) is 0 Å². The van der Waals surface area contributed by atoms with Crippen molar-refractivity contribution in [3.8, 4) is 0 Å². The summed E-state index contributed by atoms with van der Waals surface area (Å²) in [4.78, 5) is 25.2. The zero-order chi connectivity index (χ0) is 23.5. The van der Waals surface area contributed by atoms with Crippen molar-refractivity contribution in [2.75, 3.05) is 5.32 Å². The van der Waals surface area contributed by atoms with Gasteiger partial charge in [-0.25, -0.2) is 0 Å². The van der Waals surface area contributed by atoms with Gasteiger partial charge in [0, 0.05) is 0 Å². The number of carbonyl (C=O) groups excluding carboxylic acids is 2. The Kier molecular flexibility index (Phi) is 4.71. The van der Waals surface area contributed by atoms with E-state index in [1.54, 1.807) is 6.07 Å². The molecular weight excluding hydrogens is 426 g/mol. The lowest BCUT2D eigenvalue weighted by molar-refractivity contribution is -0.139. The summed E-state index contributed by atoms with van der Waals surface area (Å²) >= 11 is 0. The standard InChI is InChI=1S/C26H24F2N2O3/c1-14-4-7-18(15(2)12-14)22(21-9-5-16(3)33-21)30-23(31)25(10-11-25)17-6-8-20-19(13-17)26(27,28)24(32)29-20/h4-9,12-13,22H,10-11H2,1-3H3,(H,29,32)(H,30,31). The Morgan fingerprint density at radius 1 is 1.06 bits per heavy atom. The molecule has 1 aliphatic heterocycles. The zero-order valence-corrected chi connectivity index (χ0v) is 18.6. The average Bonchev–Trinajstić information content (AvgIpc) is 3.41. The first-order chi connectivity index (χ1) is 15.6. The molecule has 7 heteroatoms. The molecule has 0 bridgehead atoms. The first kappa shape index (κ1) is 21.4. The summed E-state index contributed by atoms with van der Waals surface area (Å²) in [5, 5.41) is 5.32. The minimum atomic E-state index is -3.61. The predicted octanol–water partition coefficient (Wildman–Crippen LogP) is 5.19. The Bertz CT molecular complexity index is 1290. The molecule has 1 aliphatic carbocycles. The number of amides is 2. The second kappa shape index (κ2) is 7.27. The van der Waals surface area contributed by atoms with Crippen molar-refractivity contribution >= 4 is 17.5 Å². The Balaban J connectivity index is 1.49. The van der Waals surface area contributed by atoms with Gasteiger partial charge in [0.05, 0.1) is 16.7 Å². The lowest BCUT2D eigenvalue weighted by atomic mass is 9.90. The molecule has 2 amide bonds. The highest BCUT2D eigenvalue weighted by atomic mass is 19.3. The summed E-state index contributed by atoms with van der Waals surface area (Å²) in [7, 11) is 0. The second-order valence-corrected chi connectivity index (χ2v) is 9.09. The van der Waals surface area contributed by atoms with Crippen molar-refractivity contribution < 1.29 is 22.8 Å². The molecule has 1 unspecified atom stereocenters. The first-order valence-electron chi connectivity index (χ1n) is 10.9. The van der Waals surface area contributed by atoms with Crippen molar-refractivity contribution in [3.63, 3.8) is 0 Å². The maximum absolute atomic E-state index is 14.3. The van der Waals surface area contributed by atoms with Gasteiger partial charge in [-0.1, -0.05) is 29.8 Å². The summed E-state index contributed by atoms with van der Waals surface area (Å²) in [5.41, 5.74) is 2.33. The third-order valence-corrected chi connectivity index (χ3v) is 6.69. The third kappa shape index (κ3) is 3.43. The van der Waals surface area contributed by atoms with Gasteiger partial charge in [0.15, 0.2) is 0 Å². The van der Waals surface area contributed by atoms with Crippen LogP contribution in [0.25, 0.3) is 0 Å². The highest BCUT2D eigenvalue weighted by molar-refractivity contribution is 6.04. The molecule has 1 aromatic heterocycles. The Morgan fingerprint density at radius 3 is 2.45 bits per heavy atom. The molecule has 2 heterocycles. The lowest BCUT2D eigenvalue weighted by Crippen LogP contribution is -2.38. The molecule has 0 saturated heterocycles. The smallest absolute Gasteiger partial charge is 0.352 e. The average molecular weight is 450 g/mol. The monoisotopic (exact) mass is 450 g/mol. The van der Waals surface area contributed by atoms with Crippen LogP contribution in [0, 0.1) is 20.8 Å². The van der Waals surface area contributed by atoms with Crippen molar-refractivity contribution in [1.29, 1.82) is 0 Å². The Labute approximate surface area is 190 Å². The maximum atomic E-state index is 14.3. The SMILES string of the molecule is Cc1ccc(C(NC(=O)C2(c3ccc4c(c3)C(F)(F)C(=O)N4)CC2)c2ccc(C)o2)c(C)c1. The van der Waals surface area contributed by atoms with E-state index in [1.807, 2.05) is 51.1 Å². The van der Waals surface area contributed by atoms with Gasteiger partial charge in [-0.2, -0.15) is 8.78 Å². The molecule has 1 atom stereocenters. The second-order valence-electron chi connectivity index (χ2n) is 9.09. The van der Waals surface area contributed by atoms with Crippen LogP contribution in [0.3, 0.4) is 0 Å². The number of nitrogens with one attached hydrogen (secondary N) is 2. The van der Waals surface area contributed by atoms with Crippen LogP contribution in [0.4, 0.5) is 14.5 Å². The summed E-state index contributed by atoms with van der Waals surface area (Å²) in [5.74, 6) is -3.85. The summed E-state index contributed by atoms with van der Waals surface area (Å²) < 4.78 is 34.5. The molecule has 170 valence electrons. The minimum absolute atomic E-state index is 0.0872.